The Morgan fingerprint density at radius 1 is 1.33 bits per heavy atom. The molecule has 0 aliphatic heterocycles. The first kappa shape index (κ1) is 17.1. The molecule has 0 aromatic heterocycles. The Balaban J connectivity index is 2.53. The van der Waals surface area contributed by atoms with Gasteiger partial charge in [-0.25, -0.2) is 0 Å². The van der Waals surface area contributed by atoms with Crippen molar-refractivity contribution in [1.29, 1.82) is 0 Å². The van der Waals surface area contributed by atoms with Gasteiger partial charge in [0.25, 0.3) is 0 Å². The van der Waals surface area contributed by atoms with E-state index in [1.165, 1.54) is 12.1 Å². The molecule has 1 aromatic rings. The average Bonchev–Trinajstić information content (AvgIpc) is 2.41. The number of rotatable bonds is 8. The minimum absolute atomic E-state index is 0.0133. The monoisotopic (exact) mass is 296 g/mol. The smallest absolute Gasteiger partial charge is 0.185 e. The molecule has 0 fully saturated rings. The number of phenols is 2. The van der Waals surface area contributed by atoms with Crippen LogP contribution in [0.15, 0.2) is 23.2 Å². The van der Waals surface area contributed by atoms with Gasteiger partial charge in [-0.3, -0.25) is 4.99 Å². The van der Waals surface area contributed by atoms with Gasteiger partial charge in [-0.1, -0.05) is 6.07 Å². The van der Waals surface area contributed by atoms with Crippen molar-refractivity contribution in [3.63, 3.8) is 0 Å². The highest BCUT2D eigenvalue weighted by Gasteiger charge is 2.15. The van der Waals surface area contributed by atoms with Crippen molar-refractivity contribution in [3.05, 3.63) is 23.8 Å². The summed E-state index contributed by atoms with van der Waals surface area (Å²) in [4.78, 5) is 3.89. The fraction of sp³-hybridized carbons (Fsp3) is 0.500. The number of aliphatic imine (C=N–C) groups is 1. The van der Waals surface area contributed by atoms with E-state index in [2.05, 4.69) is 10.3 Å². The van der Waals surface area contributed by atoms with Crippen LogP contribution in [-0.4, -0.2) is 40.5 Å². The zero-order chi connectivity index (χ0) is 15.8. The molecule has 0 saturated carbocycles. The van der Waals surface area contributed by atoms with Gasteiger partial charge in [0.15, 0.2) is 5.96 Å². The second-order valence-corrected chi connectivity index (χ2v) is 4.96. The van der Waals surface area contributed by atoms with Crippen LogP contribution in [0.1, 0.15) is 31.4 Å². The van der Waals surface area contributed by atoms with Crippen molar-refractivity contribution < 1.29 is 15.3 Å². The maximum atomic E-state index is 9.81. The third kappa shape index (κ3) is 5.88. The van der Waals surface area contributed by atoms with Crippen LogP contribution >= 0.6 is 0 Å². The lowest BCUT2D eigenvalue weighted by Gasteiger charge is -2.22. The molecule has 7 heteroatoms. The van der Waals surface area contributed by atoms with E-state index < -0.39 is 0 Å². The first-order chi connectivity index (χ1) is 9.93. The van der Waals surface area contributed by atoms with Crippen molar-refractivity contribution in [2.75, 3.05) is 13.2 Å². The lowest BCUT2D eigenvalue weighted by atomic mass is 10.0. The van der Waals surface area contributed by atoms with E-state index in [1.807, 2.05) is 6.92 Å². The van der Waals surface area contributed by atoms with E-state index >= 15 is 0 Å². The predicted octanol–water partition coefficient (Wildman–Crippen LogP) is 0.163. The van der Waals surface area contributed by atoms with Gasteiger partial charge in [0, 0.05) is 30.3 Å². The fourth-order valence-electron chi connectivity index (χ4n) is 2.11. The minimum Gasteiger partial charge on any atom is -0.508 e. The van der Waals surface area contributed by atoms with E-state index in [1.54, 1.807) is 6.07 Å². The summed E-state index contributed by atoms with van der Waals surface area (Å²) in [5.74, 6) is 0.0949. The molecule has 0 amide bonds. The number of aromatic hydroxyl groups is 2. The second-order valence-electron chi connectivity index (χ2n) is 4.96. The van der Waals surface area contributed by atoms with E-state index in [4.69, 9.17) is 11.5 Å². The average molecular weight is 296 g/mol. The van der Waals surface area contributed by atoms with E-state index in [9.17, 15) is 15.3 Å². The summed E-state index contributed by atoms with van der Waals surface area (Å²) in [6.45, 7) is 2.37. The molecule has 0 spiro atoms. The molecule has 0 bridgehead atoms. The molecule has 0 heterocycles. The number of nitrogens with zero attached hydrogens (tertiary/aromatic N) is 1. The number of hydrogen-bond donors (Lipinski definition) is 6. The van der Waals surface area contributed by atoms with E-state index in [-0.39, 0.29) is 36.1 Å². The van der Waals surface area contributed by atoms with Crippen molar-refractivity contribution in [2.24, 2.45) is 16.5 Å². The van der Waals surface area contributed by atoms with Crippen LogP contribution < -0.4 is 16.8 Å². The van der Waals surface area contributed by atoms with Crippen LogP contribution in [0.2, 0.25) is 0 Å². The van der Waals surface area contributed by atoms with Crippen molar-refractivity contribution in [3.8, 4) is 11.5 Å². The van der Waals surface area contributed by atoms with Gasteiger partial charge >= 0.3 is 0 Å². The standard InChI is InChI=1S/C14H24N4O3/c1-9(12-5-4-11(20)7-13(12)21)18-10(8-19)3-2-6-17-14(15)16/h4-5,7,9-10,18-21H,2-3,6,8H2,1H3,(H4,15,16,17). The van der Waals surface area contributed by atoms with Gasteiger partial charge in [0.1, 0.15) is 11.5 Å². The SMILES string of the molecule is CC(NC(CO)CCCN=C(N)N)c1ccc(O)cc1O. The van der Waals surface area contributed by atoms with Gasteiger partial charge in [-0.15, -0.1) is 0 Å². The molecule has 8 N–H and O–H groups in total. The molecule has 0 saturated heterocycles. The van der Waals surface area contributed by atoms with Crippen molar-refractivity contribution >= 4 is 5.96 Å². The van der Waals surface area contributed by atoms with Crippen LogP contribution in [0.4, 0.5) is 0 Å². The first-order valence-electron chi connectivity index (χ1n) is 6.88. The summed E-state index contributed by atoms with van der Waals surface area (Å²) in [6.07, 6.45) is 1.45. The van der Waals surface area contributed by atoms with E-state index in [0.29, 0.717) is 18.5 Å². The normalized spacial score (nSPS) is 13.6. The lowest BCUT2D eigenvalue weighted by Crippen LogP contribution is -2.34. The topological polar surface area (TPSA) is 137 Å². The highest BCUT2D eigenvalue weighted by molar-refractivity contribution is 5.75. The molecule has 1 rings (SSSR count). The van der Waals surface area contributed by atoms with Crippen molar-refractivity contribution in [2.45, 2.75) is 31.8 Å². The number of phenolic OH excluding ortho intramolecular Hbond substituents is 2. The number of aliphatic hydroxyl groups is 1. The molecular formula is C14H24N4O3. The molecule has 21 heavy (non-hydrogen) atoms. The molecule has 2 atom stereocenters. The summed E-state index contributed by atoms with van der Waals surface area (Å²) in [6, 6.07) is 4.17. The third-order valence-corrected chi connectivity index (χ3v) is 3.19. The van der Waals surface area contributed by atoms with Crippen LogP contribution in [0.3, 0.4) is 0 Å². The lowest BCUT2D eigenvalue weighted by molar-refractivity contribution is 0.224. The number of guanidine groups is 1. The summed E-state index contributed by atoms with van der Waals surface area (Å²) in [5, 5.41) is 31.7. The van der Waals surface area contributed by atoms with Crippen LogP contribution in [0, 0.1) is 0 Å². The Bertz CT molecular complexity index is 475. The summed E-state index contributed by atoms with van der Waals surface area (Å²) in [7, 11) is 0. The largest absolute Gasteiger partial charge is 0.508 e. The molecule has 2 unspecified atom stereocenters. The second kappa shape index (κ2) is 8.33. The maximum absolute atomic E-state index is 9.81. The zero-order valence-corrected chi connectivity index (χ0v) is 12.2. The van der Waals surface area contributed by atoms with E-state index in [0.717, 1.165) is 6.42 Å². The molecule has 0 aliphatic carbocycles. The number of hydrogen-bond acceptors (Lipinski definition) is 5. The highest BCUT2D eigenvalue weighted by atomic mass is 16.3. The number of nitrogens with one attached hydrogen (secondary N) is 1. The fourth-order valence-corrected chi connectivity index (χ4v) is 2.11. The molecule has 0 radical (unpaired) electrons. The molecule has 7 nitrogen and oxygen atoms in total. The molecule has 118 valence electrons. The Kier molecular flexibility index (Phi) is 6.77. The zero-order valence-electron chi connectivity index (χ0n) is 12.2. The summed E-state index contributed by atoms with van der Waals surface area (Å²) in [5.41, 5.74) is 11.1. The Morgan fingerprint density at radius 2 is 2.05 bits per heavy atom. The molecule has 1 aromatic carbocycles. The van der Waals surface area contributed by atoms with Gasteiger partial charge in [-0.2, -0.15) is 0 Å². The van der Waals surface area contributed by atoms with Crippen LogP contribution in [0.25, 0.3) is 0 Å². The summed E-state index contributed by atoms with van der Waals surface area (Å²) >= 11 is 0. The molecule has 0 aliphatic rings. The first-order valence-corrected chi connectivity index (χ1v) is 6.88. The minimum atomic E-state index is -0.161. The Labute approximate surface area is 124 Å². The van der Waals surface area contributed by atoms with Crippen LogP contribution in [-0.2, 0) is 0 Å². The van der Waals surface area contributed by atoms with Gasteiger partial charge in [0.2, 0.25) is 0 Å². The van der Waals surface area contributed by atoms with Gasteiger partial charge in [0.05, 0.1) is 6.61 Å². The van der Waals surface area contributed by atoms with Gasteiger partial charge < -0.3 is 32.1 Å². The Hall–Kier alpha value is -1.99. The summed E-state index contributed by atoms with van der Waals surface area (Å²) < 4.78 is 0. The Morgan fingerprint density at radius 3 is 2.62 bits per heavy atom. The quantitative estimate of drug-likeness (QED) is 0.230. The number of nitrogens with two attached hydrogens (primary N) is 2. The third-order valence-electron chi connectivity index (χ3n) is 3.19. The van der Waals surface area contributed by atoms with Gasteiger partial charge in [-0.05, 0) is 25.8 Å². The molecular weight excluding hydrogens is 272 g/mol. The number of benzene rings is 1. The van der Waals surface area contributed by atoms with Crippen LogP contribution in [0.5, 0.6) is 11.5 Å². The maximum Gasteiger partial charge on any atom is 0.185 e. The highest BCUT2D eigenvalue weighted by Crippen LogP contribution is 2.28. The number of aliphatic hydroxyl groups excluding tert-OH is 1. The van der Waals surface area contributed by atoms with Crippen molar-refractivity contribution in [1.82, 2.24) is 5.32 Å². The predicted molar refractivity (Wildman–Crippen MR) is 82.1 cm³/mol.